The zero-order valence-corrected chi connectivity index (χ0v) is 15.9. The van der Waals surface area contributed by atoms with Crippen molar-refractivity contribution in [3.05, 3.63) is 67.1 Å². The van der Waals surface area contributed by atoms with E-state index < -0.39 is 0 Å². The lowest BCUT2D eigenvalue weighted by Crippen LogP contribution is -1.92. The number of imidazole rings is 2. The van der Waals surface area contributed by atoms with Crippen LogP contribution in [0.3, 0.4) is 0 Å². The van der Waals surface area contributed by atoms with Crippen LogP contribution in [-0.2, 0) is 0 Å². The number of fused-ring (bicyclic) bond motifs is 2. The molecular formula is C21H15N9. The summed E-state index contributed by atoms with van der Waals surface area (Å²) in [5.41, 5.74) is 7.33. The molecule has 0 unspecified atom stereocenters. The Balaban J connectivity index is 1.52. The van der Waals surface area contributed by atoms with Gasteiger partial charge in [-0.05, 0) is 37.3 Å². The molecule has 0 aliphatic carbocycles. The van der Waals surface area contributed by atoms with Gasteiger partial charge in [-0.2, -0.15) is 5.10 Å². The summed E-state index contributed by atoms with van der Waals surface area (Å²) in [7, 11) is 0. The van der Waals surface area contributed by atoms with Gasteiger partial charge in [0.25, 0.3) is 0 Å². The quantitative estimate of drug-likeness (QED) is 0.476. The Morgan fingerprint density at radius 3 is 2.67 bits per heavy atom. The van der Waals surface area contributed by atoms with Crippen molar-refractivity contribution >= 4 is 22.2 Å². The Hall–Kier alpha value is -4.40. The lowest BCUT2D eigenvalue weighted by molar-refractivity contribution is 1.06. The predicted octanol–water partition coefficient (Wildman–Crippen LogP) is 3.45. The van der Waals surface area contributed by atoms with E-state index >= 15 is 0 Å². The summed E-state index contributed by atoms with van der Waals surface area (Å²) in [4.78, 5) is 25.7. The zero-order valence-electron chi connectivity index (χ0n) is 15.9. The molecule has 0 saturated carbocycles. The lowest BCUT2D eigenvalue weighted by Gasteiger charge is -2.02. The smallest absolute Gasteiger partial charge is 0.180 e. The second-order valence-corrected chi connectivity index (χ2v) is 6.94. The molecule has 0 radical (unpaired) electrons. The average Bonchev–Trinajstić information content (AvgIpc) is 3.51. The second kappa shape index (κ2) is 6.31. The molecule has 0 amide bonds. The first-order chi connectivity index (χ1) is 14.8. The molecule has 0 atom stereocenters. The summed E-state index contributed by atoms with van der Waals surface area (Å²) in [6, 6.07) is 9.71. The molecular weight excluding hydrogens is 378 g/mol. The third-order valence-electron chi connectivity index (χ3n) is 4.97. The van der Waals surface area contributed by atoms with Gasteiger partial charge in [0.1, 0.15) is 11.0 Å². The molecule has 30 heavy (non-hydrogen) atoms. The van der Waals surface area contributed by atoms with E-state index in [0.717, 1.165) is 39.2 Å². The molecule has 0 aromatic carbocycles. The number of pyridine rings is 3. The Kier molecular flexibility index (Phi) is 3.48. The highest BCUT2D eigenvalue weighted by Crippen LogP contribution is 2.28. The van der Waals surface area contributed by atoms with E-state index in [2.05, 4.69) is 35.1 Å². The van der Waals surface area contributed by atoms with E-state index in [0.29, 0.717) is 17.2 Å². The van der Waals surface area contributed by atoms with Crippen molar-refractivity contribution < 1.29 is 0 Å². The predicted molar refractivity (Wildman–Crippen MR) is 112 cm³/mol. The van der Waals surface area contributed by atoms with Crippen LogP contribution in [0.2, 0.25) is 0 Å². The summed E-state index contributed by atoms with van der Waals surface area (Å²) < 4.78 is 1.95. The normalized spacial score (nSPS) is 11.5. The molecule has 6 heterocycles. The van der Waals surface area contributed by atoms with Gasteiger partial charge in [0.15, 0.2) is 17.2 Å². The Morgan fingerprint density at radius 1 is 0.933 bits per heavy atom. The number of rotatable bonds is 3. The number of aromatic amines is 2. The first-order valence-electron chi connectivity index (χ1n) is 9.38. The largest absolute Gasteiger partial charge is 0.333 e. The SMILES string of the molecule is Cc1cn(-c2ccnc3nc(-c4n[nH]c5ccc(-c6ccncc6)nc45)[nH]c23)cn1. The number of nitrogens with zero attached hydrogens (tertiary/aromatic N) is 7. The minimum absolute atomic E-state index is 0.604. The van der Waals surface area contributed by atoms with Gasteiger partial charge >= 0.3 is 0 Å². The van der Waals surface area contributed by atoms with Crippen molar-refractivity contribution in [3.63, 3.8) is 0 Å². The maximum Gasteiger partial charge on any atom is 0.180 e. The van der Waals surface area contributed by atoms with E-state index in [1.165, 1.54) is 0 Å². The fourth-order valence-corrected chi connectivity index (χ4v) is 3.53. The van der Waals surface area contributed by atoms with Crippen molar-refractivity contribution in [3.8, 4) is 28.5 Å². The summed E-state index contributed by atoms with van der Waals surface area (Å²) in [5, 5.41) is 7.50. The van der Waals surface area contributed by atoms with Crippen LogP contribution >= 0.6 is 0 Å². The summed E-state index contributed by atoms with van der Waals surface area (Å²) in [6.45, 7) is 1.95. The van der Waals surface area contributed by atoms with E-state index in [1.807, 2.05) is 48.0 Å². The number of hydrogen-bond donors (Lipinski definition) is 2. The van der Waals surface area contributed by atoms with Crippen LogP contribution in [-0.4, -0.2) is 44.7 Å². The monoisotopic (exact) mass is 393 g/mol. The Morgan fingerprint density at radius 2 is 1.83 bits per heavy atom. The minimum Gasteiger partial charge on any atom is -0.333 e. The fraction of sp³-hybridized carbons (Fsp3) is 0.0476. The fourth-order valence-electron chi connectivity index (χ4n) is 3.53. The van der Waals surface area contributed by atoms with Gasteiger partial charge in [-0.25, -0.2) is 19.9 Å². The molecule has 0 spiro atoms. The molecule has 2 N–H and O–H groups in total. The number of aromatic nitrogens is 9. The molecule has 6 aromatic rings. The zero-order chi connectivity index (χ0) is 20.1. The number of aryl methyl sites for hydroxylation is 1. The molecule has 0 saturated heterocycles. The van der Waals surface area contributed by atoms with Gasteiger partial charge < -0.3 is 9.55 Å². The molecule has 0 aliphatic rings. The summed E-state index contributed by atoms with van der Waals surface area (Å²) in [5.74, 6) is 0.604. The number of H-pyrrole nitrogens is 2. The molecule has 0 aliphatic heterocycles. The van der Waals surface area contributed by atoms with Gasteiger partial charge in [0.2, 0.25) is 0 Å². The third-order valence-corrected chi connectivity index (χ3v) is 4.97. The molecule has 144 valence electrons. The average molecular weight is 393 g/mol. The topological polar surface area (TPSA) is 114 Å². The van der Waals surface area contributed by atoms with Crippen LogP contribution in [0.25, 0.3) is 50.7 Å². The maximum atomic E-state index is 4.82. The van der Waals surface area contributed by atoms with Crippen molar-refractivity contribution in [1.82, 2.24) is 44.7 Å². The molecule has 6 rings (SSSR count). The Labute approximate surface area is 169 Å². The minimum atomic E-state index is 0.604. The number of nitrogens with one attached hydrogen (secondary N) is 2. The van der Waals surface area contributed by atoms with Crippen molar-refractivity contribution in [2.75, 3.05) is 0 Å². The van der Waals surface area contributed by atoms with Crippen LogP contribution in [0.15, 0.2) is 61.4 Å². The van der Waals surface area contributed by atoms with Gasteiger partial charge in [-0.3, -0.25) is 10.1 Å². The third kappa shape index (κ3) is 2.56. The first-order valence-corrected chi connectivity index (χ1v) is 9.38. The van der Waals surface area contributed by atoms with E-state index in [1.54, 1.807) is 24.9 Å². The van der Waals surface area contributed by atoms with Crippen LogP contribution in [0.1, 0.15) is 5.69 Å². The highest BCUT2D eigenvalue weighted by molar-refractivity contribution is 5.92. The lowest BCUT2D eigenvalue weighted by atomic mass is 10.1. The highest BCUT2D eigenvalue weighted by Gasteiger charge is 2.17. The molecule has 9 heteroatoms. The number of hydrogen-bond acceptors (Lipinski definition) is 6. The van der Waals surface area contributed by atoms with Crippen molar-refractivity contribution in [1.29, 1.82) is 0 Å². The van der Waals surface area contributed by atoms with Crippen molar-refractivity contribution in [2.24, 2.45) is 0 Å². The highest BCUT2D eigenvalue weighted by atomic mass is 15.2. The van der Waals surface area contributed by atoms with Crippen LogP contribution in [0.4, 0.5) is 0 Å². The van der Waals surface area contributed by atoms with E-state index in [9.17, 15) is 0 Å². The standard InChI is InChI=1S/C21H15N9/c1-12-10-30(11-24-12)16-6-9-23-20-18(16)26-21(27-20)19-17-15(28-29-19)3-2-14(25-17)13-4-7-22-8-5-13/h2-11H,1H3,(H,28,29)(H,23,26,27). The van der Waals surface area contributed by atoms with Gasteiger partial charge in [0, 0.05) is 30.4 Å². The van der Waals surface area contributed by atoms with Gasteiger partial charge in [-0.1, -0.05) is 0 Å². The summed E-state index contributed by atoms with van der Waals surface area (Å²) >= 11 is 0. The summed E-state index contributed by atoms with van der Waals surface area (Å²) in [6.07, 6.45) is 8.97. The van der Waals surface area contributed by atoms with Crippen LogP contribution < -0.4 is 0 Å². The van der Waals surface area contributed by atoms with Gasteiger partial charge in [-0.15, -0.1) is 0 Å². The maximum absolute atomic E-state index is 4.82. The van der Waals surface area contributed by atoms with E-state index in [4.69, 9.17) is 4.98 Å². The van der Waals surface area contributed by atoms with Crippen LogP contribution in [0, 0.1) is 6.92 Å². The second-order valence-electron chi connectivity index (χ2n) is 6.94. The van der Waals surface area contributed by atoms with Crippen LogP contribution in [0.5, 0.6) is 0 Å². The van der Waals surface area contributed by atoms with Crippen molar-refractivity contribution in [2.45, 2.75) is 6.92 Å². The molecule has 0 bridgehead atoms. The molecule has 6 aromatic heterocycles. The molecule has 0 fully saturated rings. The Bertz CT molecular complexity index is 1510. The first kappa shape index (κ1) is 16.5. The van der Waals surface area contributed by atoms with E-state index in [-0.39, 0.29) is 0 Å². The van der Waals surface area contributed by atoms with Gasteiger partial charge in [0.05, 0.1) is 28.9 Å². The molecule has 9 nitrogen and oxygen atoms in total.